The van der Waals surface area contributed by atoms with Crippen LogP contribution in [-0.2, 0) is 4.74 Å². The zero-order valence-electron chi connectivity index (χ0n) is 8.61. The predicted molar refractivity (Wildman–Crippen MR) is 61.8 cm³/mol. The number of hydrogen-bond acceptors (Lipinski definition) is 4. The number of rotatable bonds is 3. The molecule has 4 nitrogen and oxygen atoms in total. The zero-order chi connectivity index (χ0) is 10.7. The fraction of sp³-hybridized carbons (Fsp3) is 0.600. The summed E-state index contributed by atoms with van der Waals surface area (Å²) in [6.07, 6.45) is 7.00. The van der Waals surface area contributed by atoms with E-state index in [1.807, 2.05) is 0 Å². The van der Waals surface area contributed by atoms with E-state index in [-0.39, 0.29) is 0 Å². The normalized spacial score (nSPS) is 25.5. The minimum absolute atomic E-state index is 0.392. The molecular weight excluding hydrogens is 258 g/mol. The van der Waals surface area contributed by atoms with Gasteiger partial charge in [0.15, 0.2) is 0 Å². The molecule has 1 aliphatic rings. The topological polar surface area (TPSA) is 47.0 Å². The summed E-state index contributed by atoms with van der Waals surface area (Å²) >= 11 is 3.42. The van der Waals surface area contributed by atoms with Gasteiger partial charge in [0.25, 0.3) is 0 Å². The summed E-state index contributed by atoms with van der Waals surface area (Å²) in [6, 6.07) is 0.459. The number of nitrogens with zero attached hydrogens (tertiary/aromatic N) is 2. The average molecular weight is 272 g/mol. The van der Waals surface area contributed by atoms with Crippen molar-refractivity contribution in [3.05, 3.63) is 17.0 Å². The van der Waals surface area contributed by atoms with Gasteiger partial charge in [-0.2, -0.15) is 0 Å². The van der Waals surface area contributed by atoms with Gasteiger partial charge in [0.05, 0.1) is 10.6 Å². The van der Waals surface area contributed by atoms with E-state index in [0.29, 0.717) is 12.1 Å². The van der Waals surface area contributed by atoms with E-state index in [1.54, 1.807) is 19.6 Å². The van der Waals surface area contributed by atoms with E-state index in [1.165, 1.54) is 0 Å². The molecule has 1 aromatic heterocycles. The second kappa shape index (κ2) is 4.90. The van der Waals surface area contributed by atoms with Crippen LogP contribution in [0.3, 0.4) is 0 Å². The lowest BCUT2D eigenvalue weighted by atomic mass is 10.2. The molecule has 1 heterocycles. The molecule has 2 unspecified atom stereocenters. The Labute approximate surface area is 97.6 Å². The maximum absolute atomic E-state index is 5.32. The van der Waals surface area contributed by atoms with Crippen LogP contribution >= 0.6 is 15.9 Å². The average Bonchev–Trinajstić information content (AvgIpc) is 2.69. The molecule has 0 radical (unpaired) electrons. The maximum atomic E-state index is 5.32. The molecule has 2 atom stereocenters. The number of ether oxygens (including phenoxy) is 1. The Balaban J connectivity index is 1.96. The standard InChI is InChI=1S/C10H14BrN3O/c1-15-8-3-2-7(4-8)14-10-9(11)5-12-6-13-10/h5-8H,2-4H2,1H3,(H,12,13,14). The minimum atomic E-state index is 0.392. The zero-order valence-corrected chi connectivity index (χ0v) is 10.2. The van der Waals surface area contributed by atoms with Crippen LogP contribution in [0.4, 0.5) is 5.82 Å². The molecule has 0 aliphatic heterocycles. The van der Waals surface area contributed by atoms with Gasteiger partial charge in [0.1, 0.15) is 12.1 Å². The van der Waals surface area contributed by atoms with E-state index >= 15 is 0 Å². The van der Waals surface area contributed by atoms with Gasteiger partial charge in [-0.15, -0.1) is 0 Å². The highest BCUT2D eigenvalue weighted by molar-refractivity contribution is 9.10. The van der Waals surface area contributed by atoms with E-state index in [4.69, 9.17) is 4.74 Å². The Kier molecular flexibility index (Phi) is 3.53. The van der Waals surface area contributed by atoms with Gasteiger partial charge in [-0.1, -0.05) is 0 Å². The highest BCUT2D eigenvalue weighted by Crippen LogP contribution is 2.26. The van der Waals surface area contributed by atoms with Crippen molar-refractivity contribution < 1.29 is 4.74 Å². The molecule has 15 heavy (non-hydrogen) atoms. The summed E-state index contributed by atoms with van der Waals surface area (Å²) in [5, 5.41) is 3.40. The van der Waals surface area contributed by atoms with Gasteiger partial charge in [0, 0.05) is 19.3 Å². The minimum Gasteiger partial charge on any atom is -0.381 e. The van der Waals surface area contributed by atoms with Crippen molar-refractivity contribution in [3.63, 3.8) is 0 Å². The highest BCUT2D eigenvalue weighted by atomic mass is 79.9. The van der Waals surface area contributed by atoms with Gasteiger partial charge in [-0.25, -0.2) is 9.97 Å². The first-order valence-corrected chi connectivity index (χ1v) is 5.83. The van der Waals surface area contributed by atoms with Crippen LogP contribution in [0.2, 0.25) is 0 Å². The Morgan fingerprint density at radius 2 is 2.40 bits per heavy atom. The maximum Gasteiger partial charge on any atom is 0.143 e. The van der Waals surface area contributed by atoms with Gasteiger partial charge in [0.2, 0.25) is 0 Å². The SMILES string of the molecule is COC1CCC(Nc2ncncc2Br)C1. The van der Waals surface area contributed by atoms with Gasteiger partial charge < -0.3 is 10.1 Å². The van der Waals surface area contributed by atoms with Crippen LogP contribution in [0.15, 0.2) is 17.0 Å². The fourth-order valence-corrected chi connectivity index (χ4v) is 2.23. The Morgan fingerprint density at radius 3 is 3.07 bits per heavy atom. The lowest BCUT2D eigenvalue weighted by Crippen LogP contribution is -2.18. The highest BCUT2D eigenvalue weighted by Gasteiger charge is 2.24. The number of methoxy groups -OCH3 is 1. The van der Waals surface area contributed by atoms with Crippen LogP contribution in [-0.4, -0.2) is 29.2 Å². The monoisotopic (exact) mass is 271 g/mol. The van der Waals surface area contributed by atoms with E-state index < -0.39 is 0 Å². The molecule has 1 fully saturated rings. The predicted octanol–water partition coefficient (Wildman–Crippen LogP) is 2.22. The largest absolute Gasteiger partial charge is 0.381 e. The van der Waals surface area contributed by atoms with Crippen LogP contribution in [0, 0.1) is 0 Å². The molecule has 5 heteroatoms. The summed E-state index contributed by atoms with van der Waals surface area (Å²) in [5.74, 6) is 0.867. The van der Waals surface area contributed by atoms with Crippen LogP contribution in [0.1, 0.15) is 19.3 Å². The molecule has 1 N–H and O–H groups in total. The third kappa shape index (κ3) is 2.66. The Bertz CT molecular complexity index is 334. The Hall–Kier alpha value is -0.680. The molecule has 0 amide bonds. The van der Waals surface area contributed by atoms with Crippen molar-refractivity contribution in [1.29, 1.82) is 0 Å². The molecule has 0 saturated heterocycles. The van der Waals surface area contributed by atoms with Crippen molar-refractivity contribution in [1.82, 2.24) is 9.97 Å². The lowest BCUT2D eigenvalue weighted by molar-refractivity contribution is 0.108. The Morgan fingerprint density at radius 1 is 1.53 bits per heavy atom. The van der Waals surface area contributed by atoms with E-state index in [2.05, 4.69) is 31.2 Å². The summed E-state index contributed by atoms with van der Waals surface area (Å²) in [7, 11) is 1.77. The molecule has 82 valence electrons. The molecule has 1 saturated carbocycles. The molecule has 1 aliphatic carbocycles. The number of halogens is 1. The quantitative estimate of drug-likeness (QED) is 0.916. The number of nitrogens with one attached hydrogen (secondary N) is 1. The summed E-state index contributed by atoms with van der Waals surface area (Å²) in [5.41, 5.74) is 0. The number of aromatic nitrogens is 2. The summed E-state index contributed by atoms with van der Waals surface area (Å²) in [4.78, 5) is 8.11. The summed E-state index contributed by atoms with van der Waals surface area (Å²) < 4.78 is 6.23. The third-order valence-electron chi connectivity index (χ3n) is 2.73. The van der Waals surface area contributed by atoms with Crippen molar-refractivity contribution in [3.8, 4) is 0 Å². The first-order valence-electron chi connectivity index (χ1n) is 5.04. The first-order chi connectivity index (χ1) is 7.29. The van der Waals surface area contributed by atoms with Gasteiger partial charge >= 0.3 is 0 Å². The first kappa shape index (κ1) is 10.8. The third-order valence-corrected chi connectivity index (χ3v) is 3.31. The number of hydrogen-bond donors (Lipinski definition) is 1. The van der Waals surface area contributed by atoms with Crippen LogP contribution in [0.5, 0.6) is 0 Å². The molecule has 2 rings (SSSR count). The smallest absolute Gasteiger partial charge is 0.143 e. The molecule has 1 aromatic rings. The second-order valence-corrected chi connectivity index (χ2v) is 4.59. The van der Waals surface area contributed by atoms with Gasteiger partial charge in [-0.05, 0) is 35.2 Å². The van der Waals surface area contributed by atoms with Crippen molar-refractivity contribution in [2.75, 3.05) is 12.4 Å². The van der Waals surface area contributed by atoms with Crippen molar-refractivity contribution in [2.24, 2.45) is 0 Å². The van der Waals surface area contributed by atoms with Crippen molar-refractivity contribution >= 4 is 21.7 Å². The second-order valence-electron chi connectivity index (χ2n) is 3.73. The number of anilines is 1. The molecular formula is C10H14BrN3O. The molecule has 0 bridgehead atoms. The van der Waals surface area contributed by atoms with Crippen molar-refractivity contribution in [2.45, 2.75) is 31.4 Å². The van der Waals surface area contributed by atoms with Gasteiger partial charge in [-0.3, -0.25) is 0 Å². The van der Waals surface area contributed by atoms with Crippen LogP contribution < -0.4 is 5.32 Å². The van der Waals surface area contributed by atoms with E-state index in [0.717, 1.165) is 29.6 Å². The van der Waals surface area contributed by atoms with E-state index in [9.17, 15) is 0 Å². The summed E-state index contributed by atoms with van der Waals surface area (Å²) in [6.45, 7) is 0. The molecule has 0 aromatic carbocycles. The fourth-order valence-electron chi connectivity index (χ4n) is 1.90. The lowest BCUT2D eigenvalue weighted by Gasteiger charge is -2.14. The molecule has 0 spiro atoms. The van der Waals surface area contributed by atoms with Crippen LogP contribution in [0.25, 0.3) is 0 Å².